The molecule has 2 fully saturated rings. The van der Waals surface area contributed by atoms with Crippen LogP contribution in [0.1, 0.15) is 29.3 Å². The summed E-state index contributed by atoms with van der Waals surface area (Å²) in [5, 5.41) is 6.02. The maximum absolute atomic E-state index is 13.0. The van der Waals surface area contributed by atoms with Gasteiger partial charge in [-0.05, 0) is 30.4 Å². The third kappa shape index (κ3) is 4.40. The number of nitrogens with two attached hydrogens (primary N) is 1. The summed E-state index contributed by atoms with van der Waals surface area (Å²) >= 11 is 1.43. The van der Waals surface area contributed by atoms with E-state index in [1.165, 1.54) is 22.5 Å². The van der Waals surface area contributed by atoms with Crippen molar-refractivity contribution in [3.05, 3.63) is 46.5 Å². The summed E-state index contributed by atoms with van der Waals surface area (Å²) in [4.78, 5) is 19.4. The van der Waals surface area contributed by atoms with E-state index in [1.54, 1.807) is 0 Å². The van der Waals surface area contributed by atoms with Gasteiger partial charge in [-0.3, -0.25) is 4.79 Å². The number of hydrogen-bond acceptors (Lipinski definition) is 5. The molecule has 4 rings (SSSR count). The van der Waals surface area contributed by atoms with Gasteiger partial charge in [-0.25, -0.2) is 4.98 Å². The van der Waals surface area contributed by atoms with Crippen LogP contribution >= 0.6 is 36.2 Å². The molecule has 3 N–H and O–H groups in total. The van der Waals surface area contributed by atoms with Gasteiger partial charge >= 0.3 is 0 Å². The van der Waals surface area contributed by atoms with Crippen molar-refractivity contribution in [2.24, 2.45) is 11.8 Å². The molecular formula is C19H26Cl2N4OS. The Balaban J connectivity index is 0.00000131. The summed E-state index contributed by atoms with van der Waals surface area (Å²) in [7, 11) is 0. The van der Waals surface area contributed by atoms with Gasteiger partial charge in [-0.2, -0.15) is 0 Å². The summed E-state index contributed by atoms with van der Waals surface area (Å²) in [6, 6.07) is 8.66. The zero-order chi connectivity index (χ0) is 17.4. The Labute approximate surface area is 176 Å². The lowest BCUT2D eigenvalue weighted by molar-refractivity contribution is -0.132. The molecule has 3 heterocycles. The number of anilines is 1. The van der Waals surface area contributed by atoms with E-state index in [0.717, 1.165) is 25.3 Å². The summed E-state index contributed by atoms with van der Waals surface area (Å²) in [5.41, 5.74) is 9.17. The molecule has 0 aliphatic carbocycles. The highest BCUT2D eigenvalue weighted by atomic mass is 35.5. The molecular weight excluding hydrogens is 403 g/mol. The number of carbonyl (C=O) groups excluding carboxylic acids is 1. The average molecular weight is 429 g/mol. The third-order valence-electron chi connectivity index (χ3n) is 5.56. The fourth-order valence-electron chi connectivity index (χ4n) is 4.31. The first kappa shape index (κ1) is 22.0. The van der Waals surface area contributed by atoms with Crippen molar-refractivity contribution in [2.75, 3.05) is 25.4 Å². The number of nitrogens with zero attached hydrogens (tertiary/aromatic N) is 2. The minimum absolute atomic E-state index is 0. The number of thiazole rings is 1. The van der Waals surface area contributed by atoms with Crippen LogP contribution in [-0.2, 0) is 11.2 Å². The van der Waals surface area contributed by atoms with Crippen LogP contribution in [0.5, 0.6) is 0 Å². The molecule has 2 aromatic rings. The largest absolute Gasteiger partial charge is 0.375 e. The highest BCUT2D eigenvalue weighted by Crippen LogP contribution is 2.43. The number of halogens is 2. The van der Waals surface area contributed by atoms with Crippen molar-refractivity contribution < 1.29 is 4.79 Å². The molecule has 5 nitrogen and oxygen atoms in total. The number of fused-ring (bicyclic) bond motifs is 1. The van der Waals surface area contributed by atoms with Crippen LogP contribution in [0, 0.1) is 18.8 Å². The molecule has 2 saturated heterocycles. The van der Waals surface area contributed by atoms with Gasteiger partial charge in [0.15, 0.2) is 5.13 Å². The van der Waals surface area contributed by atoms with Crippen LogP contribution in [0.15, 0.2) is 29.6 Å². The molecule has 0 radical (unpaired) electrons. The van der Waals surface area contributed by atoms with Gasteiger partial charge in [0, 0.05) is 37.4 Å². The maximum Gasteiger partial charge on any atom is 0.223 e. The maximum atomic E-state index is 13.0. The smallest absolute Gasteiger partial charge is 0.223 e. The summed E-state index contributed by atoms with van der Waals surface area (Å²) in [5.74, 6) is 1.30. The van der Waals surface area contributed by atoms with E-state index in [2.05, 4.69) is 46.4 Å². The van der Waals surface area contributed by atoms with Crippen LogP contribution in [0.3, 0.4) is 0 Å². The van der Waals surface area contributed by atoms with Crippen molar-refractivity contribution >= 4 is 47.2 Å². The molecule has 0 unspecified atom stereocenters. The second kappa shape index (κ2) is 9.24. The monoisotopic (exact) mass is 428 g/mol. The number of aromatic nitrogens is 1. The van der Waals surface area contributed by atoms with Crippen molar-refractivity contribution in [1.29, 1.82) is 0 Å². The highest BCUT2D eigenvalue weighted by Gasteiger charge is 2.46. The van der Waals surface area contributed by atoms with Gasteiger partial charge in [0.2, 0.25) is 5.91 Å². The predicted octanol–water partition coefficient (Wildman–Crippen LogP) is 3.23. The van der Waals surface area contributed by atoms with Crippen LogP contribution in [0.25, 0.3) is 0 Å². The van der Waals surface area contributed by atoms with E-state index in [0.29, 0.717) is 29.8 Å². The minimum atomic E-state index is 0. The number of amides is 1. The predicted molar refractivity (Wildman–Crippen MR) is 115 cm³/mol. The Morgan fingerprint density at radius 2 is 2.11 bits per heavy atom. The molecule has 0 spiro atoms. The zero-order valence-corrected chi connectivity index (χ0v) is 17.7. The van der Waals surface area contributed by atoms with Gasteiger partial charge in [-0.1, -0.05) is 24.3 Å². The summed E-state index contributed by atoms with van der Waals surface area (Å²) in [6.07, 6.45) is 1.16. The van der Waals surface area contributed by atoms with Crippen molar-refractivity contribution in [3.8, 4) is 0 Å². The standard InChI is InChI=1S/C19H24N4OS.2ClH/c1-12-4-2-3-5-15(12)18-16-9-21-8-13(16)10-23(18)17(24)7-6-14-11-25-19(20)22-14;;/h2-5,11,13,16,18,21H,6-10H2,1H3,(H2,20,22);2*1H/t13-,16-,18+;;/m0../s1. The Morgan fingerprint density at radius 3 is 2.81 bits per heavy atom. The number of hydrogen-bond donors (Lipinski definition) is 2. The van der Waals surface area contributed by atoms with Crippen LogP contribution in [0.4, 0.5) is 5.13 Å². The van der Waals surface area contributed by atoms with Gasteiger partial charge in [0.25, 0.3) is 0 Å². The molecule has 2 aliphatic rings. The van der Waals surface area contributed by atoms with Crippen molar-refractivity contribution in [2.45, 2.75) is 25.8 Å². The van der Waals surface area contributed by atoms with E-state index < -0.39 is 0 Å². The zero-order valence-electron chi connectivity index (χ0n) is 15.3. The second-order valence-corrected chi connectivity index (χ2v) is 8.00. The molecule has 8 heteroatoms. The first-order chi connectivity index (χ1) is 12.1. The number of likely N-dealkylation sites (tertiary alicyclic amines) is 1. The SMILES string of the molecule is Cc1ccccc1[C@@H]1[C@H]2CNC[C@H]2CN1C(=O)CCc1csc(N)n1.Cl.Cl. The van der Waals surface area contributed by atoms with Crippen molar-refractivity contribution in [3.63, 3.8) is 0 Å². The molecule has 3 atom stereocenters. The third-order valence-corrected chi connectivity index (χ3v) is 6.28. The van der Waals surface area contributed by atoms with Gasteiger partial charge in [0.05, 0.1) is 11.7 Å². The van der Waals surface area contributed by atoms with Gasteiger partial charge < -0.3 is 16.0 Å². The van der Waals surface area contributed by atoms with Crippen LogP contribution in [-0.4, -0.2) is 35.4 Å². The van der Waals surface area contributed by atoms with E-state index in [-0.39, 0.29) is 36.8 Å². The summed E-state index contributed by atoms with van der Waals surface area (Å²) in [6.45, 7) is 5.01. The molecule has 1 aromatic carbocycles. The molecule has 1 amide bonds. The van der Waals surface area contributed by atoms with Gasteiger partial charge in [-0.15, -0.1) is 36.2 Å². The van der Waals surface area contributed by atoms with Crippen LogP contribution < -0.4 is 11.1 Å². The number of rotatable bonds is 4. The molecule has 2 aliphatic heterocycles. The van der Waals surface area contributed by atoms with Crippen molar-refractivity contribution in [1.82, 2.24) is 15.2 Å². The Kier molecular flexibility index (Phi) is 7.51. The molecule has 1 aromatic heterocycles. The van der Waals surface area contributed by atoms with Gasteiger partial charge in [0.1, 0.15) is 0 Å². The number of nitrogens with one attached hydrogen (secondary N) is 1. The first-order valence-corrected chi connectivity index (χ1v) is 9.77. The Hall–Kier alpha value is -1.34. The quantitative estimate of drug-likeness (QED) is 0.783. The Morgan fingerprint density at radius 1 is 1.33 bits per heavy atom. The van der Waals surface area contributed by atoms with E-state index in [1.807, 2.05) is 5.38 Å². The fraction of sp³-hybridized carbons (Fsp3) is 0.474. The number of nitrogen functional groups attached to an aromatic ring is 1. The number of carbonyl (C=O) groups is 1. The topological polar surface area (TPSA) is 71.2 Å². The second-order valence-electron chi connectivity index (χ2n) is 7.11. The first-order valence-electron chi connectivity index (χ1n) is 8.89. The average Bonchev–Trinajstić information content (AvgIpc) is 3.29. The van der Waals surface area contributed by atoms with E-state index in [9.17, 15) is 4.79 Å². The highest BCUT2D eigenvalue weighted by molar-refractivity contribution is 7.13. The fourth-order valence-corrected chi connectivity index (χ4v) is 4.91. The molecule has 148 valence electrons. The lowest BCUT2D eigenvalue weighted by Gasteiger charge is -2.29. The van der Waals surface area contributed by atoms with E-state index >= 15 is 0 Å². The van der Waals surface area contributed by atoms with Crippen LogP contribution in [0.2, 0.25) is 0 Å². The number of benzene rings is 1. The Bertz CT molecular complexity index is 785. The number of aryl methyl sites for hydroxylation is 2. The lowest BCUT2D eigenvalue weighted by atomic mass is 9.87. The summed E-state index contributed by atoms with van der Waals surface area (Å²) < 4.78 is 0. The lowest BCUT2D eigenvalue weighted by Crippen LogP contribution is -2.35. The molecule has 27 heavy (non-hydrogen) atoms. The van der Waals surface area contributed by atoms with E-state index in [4.69, 9.17) is 5.73 Å². The minimum Gasteiger partial charge on any atom is -0.375 e. The normalized spacial score (nSPS) is 23.4. The molecule has 0 saturated carbocycles. The molecule has 0 bridgehead atoms.